The van der Waals surface area contributed by atoms with E-state index < -0.39 is 23.1 Å². The lowest BCUT2D eigenvalue weighted by Crippen LogP contribution is -2.39. The van der Waals surface area contributed by atoms with E-state index in [-0.39, 0.29) is 5.56 Å². The number of nitrogens with two attached hydrogens (primary N) is 1. The number of rotatable bonds is 3. The third-order valence-electron chi connectivity index (χ3n) is 4.81. The predicted octanol–water partition coefficient (Wildman–Crippen LogP) is 3.33. The van der Waals surface area contributed by atoms with Gasteiger partial charge in [-0.3, -0.25) is 4.98 Å². The van der Waals surface area contributed by atoms with Crippen molar-refractivity contribution in [3.63, 3.8) is 0 Å². The van der Waals surface area contributed by atoms with Gasteiger partial charge in [-0.05, 0) is 31.0 Å². The van der Waals surface area contributed by atoms with E-state index in [1.807, 2.05) is 6.07 Å². The zero-order valence-electron chi connectivity index (χ0n) is 14.6. The second-order valence-corrected chi connectivity index (χ2v) is 7.80. The van der Waals surface area contributed by atoms with Gasteiger partial charge in [-0.15, -0.1) is 0 Å². The second kappa shape index (κ2) is 7.36. The number of β-amino-alcohol motifs (C(OH)–C–C–N with tert-alkyl or cyclic N) is 1. The zero-order chi connectivity index (χ0) is 19.0. The van der Waals surface area contributed by atoms with Crippen molar-refractivity contribution in [1.82, 2.24) is 4.98 Å². The molecule has 5 nitrogen and oxygen atoms in total. The van der Waals surface area contributed by atoms with Crippen molar-refractivity contribution < 1.29 is 13.9 Å². The molecule has 2 aliphatic heterocycles. The quantitative estimate of drug-likeness (QED) is 0.838. The van der Waals surface area contributed by atoms with Crippen LogP contribution >= 0.6 is 11.8 Å². The van der Waals surface area contributed by atoms with Crippen molar-refractivity contribution in [3.05, 3.63) is 65.1 Å². The number of aromatic nitrogens is 1. The molecule has 4 rings (SSSR count). The minimum absolute atomic E-state index is 0.0346. The van der Waals surface area contributed by atoms with Crippen molar-refractivity contribution >= 4 is 23.1 Å². The Kier molecular flexibility index (Phi) is 4.92. The number of hydrogen-bond acceptors (Lipinski definition) is 6. The highest BCUT2D eigenvalue weighted by Crippen LogP contribution is 2.48. The summed E-state index contributed by atoms with van der Waals surface area (Å²) in [6, 6.07) is 5.70. The molecule has 142 valence electrons. The standard InChI is InChI=1S/C19H20F2N4OS/c20-13-4-1-5-14(21)18(13)19-25(11-17(22)27-19)16-9-23-7-6-15(16)24-8-2-3-12(26)10-24/h1,4-7,9,11-12,19,26H,2-3,8,10,22H2/t12?,19-/m0/s1. The number of piperidine rings is 1. The SMILES string of the molecule is NC1=CN(c2cnccc2N2CCCC(O)C2)[C@H](c2c(F)cccc2F)S1. The second-order valence-electron chi connectivity index (χ2n) is 6.65. The lowest BCUT2D eigenvalue weighted by Gasteiger charge is -2.35. The molecule has 1 aromatic carbocycles. The molecule has 0 saturated carbocycles. The number of benzene rings is 1. The minimum Gasteiger partial charge on any atom is -0.392 e. The van der Waals surface area contributed by atoms with E-state index in [0.29, 0.717) is 17.3 Å². The van der Waals surface area contributed by atoms with Gasteiger partial charge in [0.05, 0.1) is 34.3 Å². The molecule has 0 aliphatic carbocycles. The maximum Gasteiger partial charge on any atom is 0.132 e. The first-order valence-corrected chi connectivity index (χ1v) is 9.66. The van der Waals surface area contributed by atoms with Gasteiger partial charge >= 0.3 is 0 Å². The fourth-order valence-electron chi connectivity index (χ4n) is 3.58. The highest BCUT2D eigenvalue weighted by atomic mass is 32.2. The van der Waals surface area contributed by atoms with Crippen LogP contribution < -0.4 is 15.5 Å². The summed E-state index contributed by atoms with van der Waals surface area (Å²) in [6.07, 6.45) is 6.27. The Hall–Kier alpha value is -2.32. The van der Waals surface area contributed by atoms with Crippen molar-refractivity contribution in [3.8, 4) is 0 Å². The Balaban J connectivity index is 1.75. The van der Waals surface area contributed by atoms with E-state index in [0.717, 1.165) is 25.1 Å². The van der Waals surface area contributed by atoms with Crippen LogP contribution in [0.25, 0.3) is 0 Å². The van der Waals surface area contributed by atoms with Crippen LogP contribution in [0.5, 0.6) is 0 Å². The van der Waals surface area contributed by atoms with Gasteiger partial charge in [0.1, 0.15) is 17.0 Å². The maximum absolute atomic E-state index is 14.4. The molecule has 0 amide bonds. The molecule has 3 N–H and O–H groups in total. The van der Waals surface area contributed by atoms with Crippen LogP contribution in [0, 0.1) is 11.6 Å². The summed E-state index contributed by atoms with van der Waals surface area (Å²) in [7, 11) is 0. The topological polar surface area (TPSA) is 65.6 Å². The van der Waals surface area contributed by atoms with Crippen molar-refractivity contribution in [2.75, 3.05) is 22.9 Å². The van der Waals surface area contributed by atoms with Crippen molar-refractivity contribution in [2.24, 2.45) is 5.73 Å². The van der Waals surface area contributed by atoms with E-state index in [2.05, 4.69) is 9.88 Å². The van der Waals surface area contributed by atoms with Gasteiger partial charge in [-0.1, -0.05) is 17.8 Å². The number of aliphatic hydroxyl groups is 1. The summed E-state index contributed by atoms with van der Waals surface area (Å²) < 4.78 is 28.8. The highest BCUT2D eigenvalue weighted by molar-refractivity contribution is 8.03. The lowest BCUT2D eigenvalue weighted by atomic mass is 10.1. The Morgan fingerprint density at radius 3 is 2.70 bits per heavy atom. The van der Waals surface area contributed by atoms with Gasteiger partial charge in [-0.25, -0.2) is 8.78 Å². The van der Waals surface area contributed by atoms with E-state index >= 15 is 0 Å². The number of hydrogen-bond donors (Lipinski definition) is 2. The molecule has 3 heterocycles. The zero-order valence-corrected chi connectivity index (χ0v) is 15.4. The smallest absolute Gasteiger partial charge is 0.132 e. The molecule has 27 heavy (non-hydrogen) atoms. The molecule has 0 radical (unpaired) electrons. The van der Waals surface area contributed by atoms with Gasteiger partial charge in [0.25, 0.3) is 0 Å². The van der Waals surface area contributed by atoms with Crippen LogP contribution in [0.1, 0.15) is 23.8 Å². The molecular weight excluding hydrogens is 370 g/mol. The number of thioether (sulfide) groups is 1. The Morgan fingerprint density at radius 2 is 1.96 bits per heavy atom. The predicted molar refractivity (Wildman–Crippen MR) is 103 cm³/mol. The largest absolute Gasteiger partial charge is 0.392 e. The minimum atomic E-state index is -0.663. The molecular formula is C19H20F2N4OS. The molecule has 0 bridgehead atoms. The Labute approximate surface area is 160 Å². The van der Waals surface area contributed by atoms with Gasteiger partial charge in [0.2, 0.25) is 0 Å². The summed E-state index contributed by atoms with van der Waals surface area (Å²) in [4.78, 5) is 8.04. The molecule has 1 unspecified atom stereocenters. The molecule has 2 aromatic rings. The maximum atomic E-state index is 14.4. The van der Waals surface area contributed by atoms with Gasteiger partial charge in [0, 0.05) is 25.5 Å². The van der Waals surface area contributed by atoms with E-state index in [1.54, 1.807) is 23.5 Å². The van der Waals surface area contributed by atoms with E-state index in [9.17, 15) is 13.9 Å². The molecule has 8 heteroatoms. The first-order valence-electron chi connectivity index (χ1n) is 8.78. The fourth-order valence-corrected chi connectivity index (χ4v) is 4.64. The molecule has 1 fully saturated rings. The summed E-state index contributed by atoms with van der Waals surface area (Å²) in [6.45, 7) is 1.31. The number of nitrogens with zero attached hydrogens (tertiary/aromatic N) is 3. The van der Waals surface area contributed by atoms with Gasteiger partial charge < -0.3 is 20.6 Å². The Morgan fingerprint density at radius 1 is 1.19 bits per heavy atom. The average Bonchev–Trinajstić information content (AvgIpc) is 3.03. The highest BCUT2D eigenvalue weighted by Gasteiger charge is 2.34. The van der Waals surface area contributed by atoms with Gasteiger partial charge in [0.15, 0.2) is 0 Å². The number of halogens is 2. The van der Waals surface area contributed by atoms with E-state index in [4.69, 9.17) is 5.73 Å². The number of pyridine rings is 1. The summed E-state index contributed by atoms with van der Waals surface area (Å²) in [5.41, 5.74) is 7.53. The molecule has 2 atom stereocenters. The summed E-state index contributed by atoms with van der Waals surface area (Å²) in [5.74, 6) is -1.22. The van der Waals surface area contributed by atoms with Gasteiger partial charge in [-0.2, -0.15) is 0 Å². The van der Waals surface area contributed by atoms with Crippen LogP contribution in [0.2, 0.25) is 0 Å². The first-order chi connectivity index (χ1) is 13.0. The van der Waals surface area contributed by atoms with Crippen LogP contribution in [0.15, 0.2) is 47.9 Å². The molecule has 1 saturated heterocycles. The van der Waals surface area contributed by atoms with Crippen molar-refractivity contribution in [2.45, 2.75) is 24.3 Å². The molecule has 0 spiro atoms. The van der Waals surface area contributed by atoms with Crippen LogP contribution in [-0.4, -0.2) is 29.3 Å². The average molecular weight is 390 g/mol. The fraction of sp³-hybridized carbons (Fsp3) is 0.316. The third-order valence-corrected chi connectivity index (χ3v) is 5.87. The first kappa shape index (κ1) is 18.1. The van der Waals surface area contributed by atoms with Crippen molar-refractivity contribution in [1.29, 1.82) is 0 Å². The number of anilines is 2. The van der Waals surface area contributed by atoms with Crippen LogP contribution in [-0.2, 0) is 0 Å². The van der Waals surface area contributed by atoms with Crippen LogP contribution in [0.3, 0.4) is 0 Å². The monoisotopic (exact) mass is 390 g/mol. The normalized spacial score (nSPS) is 22.9. The molecule has 1 aromatic heterocycles. The Bertz CT molecular complexity index is 858. The molecule has 2 aliphatic rings. The third kappa shape index (κ3) is 3.46. The summed E-state index contributed by atoms with van der Waals surface area (Å²) in [5, 5.41) is 9.84. The number of aliphatic hydroxyl groups excluding tert-OH is 1. The van der Waals surface area contributed by atoms with E-state index in [1.165, 1.54) is 30.0 Å². The lowest BCUT2D eigenvalue weighted by molar-refractivity contribution is 0.154. The summed E-state index contributed by atoms with van der Waals surface area (Å²) >= 11 is 1.19. The van der Waals surface area contributed by atoms with Crippen LogP contribution in [0.4, 0.5) is 20.2 Å².